The Kier molecular flexibility index (Phi) is 4.05. The monoisotopic (exact) mass is 310 g/mol. The molecular weight excluding hydrogens is 296 g/mol. The average Bonchev–Trinajstić information content (AvgIpc) is 2.96. The summed E-state index contributed by atoms with van der Waals surface area (Å²) in [5.74, 6) is 0.874. The van der Waals surface area contributed by atoms with Crippen LogP contribution in [0.4, 0.5) is 0 Å². The summed E-state index contributed by atoms with van der Waals surface area (Å²) < 4.78 is 15.7. The number of ether oxygens (including phenoxy) is 3. The molecule has 1 aliphatic rings. The van der Waals surface area contributed by atoms with Crippen LogP contribution in [-0.2, 0) is 9.53 Å². The van der Waals surface area contributed by atoms with Crippen molar-refractivity contribution >= 4 is 17.9 Å². The molecule has 2 heterocycles. The van der Waals surface area contributed by atoms with Gasteiger partial charge in [-0.1, -0.05) is 6.07 Å². The van der Waals surface area contributed by atoms with Crippen molar-refractivity contribution in [1.29, 1.82) is 0 Å². The number of esters is 1. The number of methoxy groups -OCH3 is 2. The quantitative estimate of drug-likeness (QED) is 0.641. The third-order valence-electron chi connectivity index (χ3n) is 3.21. The average molecular weight is 310 g/mol. The van der Waals surface area contributed by atoms with E-state index in [-0.39, 0.29) is 11.6 Å². The number of benzene rings is 1. The minimum absolute atomic E-state index is 0.211. The molecule has 0 radical (unpaired) electrons. The van der Waals surface area contributed by atoms with E-state index in [2.05, 4.69) is 9.98 Å². The molecule has 1 aliphatic heterocycles. The number of aliphatic imine (C=N–C) groups is 1. The van der Waals surface area contributed by atoms with E-state index in [1.807, 2.05) is 6.07 Å². The minimum atomic E-state index is -0.509. The number of nitrogens with zero attached hydrogens (tertiary/aromatic N) is 2. The lowest BCUT2D eigenvalue weighted by molar-refractivity contribution is -0.129. The molecule has 0 saturated carbocycles. The van der Waals surface area contributed by atoms with Crippen LogP contribution in [0.3, 0.4) is 0 Å². The van der Waals surface area contributed by atoms with Crippen LogP contribution in [0.5, 0.6) is 11.5 Å². The Morgan fingerprint density at radius 3 is 2.48 bits per heavy atom. The molecule has 0 spiro atoms. The van der Waals surface area contributed by atoms with Gasteiger partial charge in [0.2, 0.25) is 5.90 Å². The lowest BCUT2D eigenvalue weighted by Gasteiger charge is -2.07. The molecule has 0 fully saturated rings. The summed E-state index contributed by atoms with van der Waals surface area (Å²) in [6.45, 7) is 0. The van der Waals surface area contributed by atoms with Crippen molar-refractivity contribution < 1.29 is 19.0 Å². The van der Waals surface area contributed by atoms with Crippen LogP contribution in [0.2, 0.25) is 0 Å². The Labute approximate surface area is 133 Å². The first-order chi connectivity index (χ1) is 11.2. The maximum atomic E-state index is 12.0. The number of aromatic nitrogens is 1. The summed E-state index contributed by atoms with van der Waals surface area (Å²) in [4.78, 5) is 20.2. The predicted molar refractivity (Wildman–Crippen MR) is 84.4 cm³/mol. The van der Waals surface area contributed by atoms with E-state index in [0.717, 1.165) is 5.56 Å². The SMILES string of the molecule is COc1cc(OC)cc(C2=N/C(=C/c3cccnc3)C(=O)O2)c1. The molecule has 1 aromatic carbocycles. The molecule has 0 saturated heterocycles. The first-order valence-corrected chi connectivity index (χ1v) is 6.85. The van der Waals surface area contributed by atoms with E-state index in [0.29, 0.717) is 17.1 Å². The number of carbonyl (C=O) groups excluding carboxylic acids is 1. The van der Waals surface area contributed by atoms with Crippen molar-refractivity contribution in [2.45, 2.75) is 0 Å². The van der Waals surface area contributed by atoms with Crippen molar-refractivity contribution in [3.05, 3.63) is 59.5 Å². The molecule has 3 rings (SSSR count). The zero-order chi connectivity index (χ0) is 16.2. The largest absolute Gasteiger partial charge is 0.497 e. The number of carbonyl (C=O) groups is 1. The molecule has 0 amide bonds. The first kappa shape index (κ1) is 14.8. The third kappa shape index (κ3) is 3.21. The van der Waals surface area contributed by atoms with Gasteiger partial charge in [0.25, 0.3) is 0 Å². The number of pyridine rings is 1. The molecule has 23 heavy (non-hydrogen) atoms. The van der Waals surface area contributed by atoms with Crippen LogP contribution in [0, 0.1) is 0 Å². The highest BCUT2D eigenvalue weighted by Gasteiger charge is 2.25. The maximum absolute atomic E-state index is 12.0. The summed E-state index contributed by atoms with van der Waals surface area (Å²) in [7, 11) is 3.10. The van der Waals surface area contributed by atoms with Gasteiger partial charge < -0.3 is 14.2 Å². The molecule has 2 aromatic rings. The standard InChI is InChI=1S/C17H14N2O4/c1-21-13-7-12(8-14(9-13)22-2)16-19-15(17(20)23-16)6-11-4-3-5-18-10-11/h3-10H,1-2H3/b15-6+. The second kappa shape index (κ2) is 6.31. The Hall–Kier alpha value is -3.15. The van der Waals surface area contributed by atoms with Crippen LogP contribution < -0.4 is 9.47 Å². The normalized spacial score (nSPS) is 15.3. The molecule has 116 valence electrons. The second-order valence-electron chi connectivity index (χ2n) is 4.72. The molecule has 0 aliphatic carbocycles. The van der Waals surface area contributed by atoms with Gasteiger partial charge in [0, 0.05) is 24.0 Å². The molecule has 6 nitrogen and oxygen atoms in total. The molecule has 0 bridgehead atoms. The fourth-order valence-electron chi connectivity index (χ4n) is 2.08. The molecule has 0 unspecified atom stereocenters. The lowest BCUT2D eigenvalue weighted by atomic mass is 10.2. The number of hydrogen-bond acceptors (Lipinski definition) is 6. The van der Waals surface area contributed by atoms with E-state index >= 15 is 0 Å². The molecule has 0 atom stereocenters. The topological polar surface area (TPSA) is 70.0 Å². The van der Waals surface area contributed by atoms with Crippen LogP contribution in [0.25, 0.3) is 6.08 Å². The Morgan fingerprint density at radius 1 is 1.13 bits per heavy atom. The fourth-order valence-corrected chi connectivity index (χ4v) is 2.08. The maximum Gasteiger partial charge on any atom is 0.363 e. The van der Waals surface area contributed by atoms with Gasteiger partial charge in [-0.3, -0.25) is 4.98 Å². The van der Waals surface area contributed by atoms with Crippen molar-refractivity contribution in [3.8, 4) is 11.5 Å². The first-order valence-electron chi connectivity index (χ1n) is 6.85. The minimum Gasteiger partial charge on any atom is -0.497 e. The Morgan fingerprint density at radius 2 is 1.87 bits per heavy atom. The van der Waals surface area contributed by atoms with E-state index in [1.54, 1.807) is 57.0 Å². The van der Waals surface area contributed by atoms with E-state index < -0.39 is 5.97 Å². The molecule has 6 heteroatoms. The van der Waals surface area contributed by atoms with Crippen molar-refractivity contribution in [2.24, 2.45) is 4.99 Å². The molecule has 1 aromatic heterocycles. The van der Waals surface area contributed by atoms with E-state index in [4.69, 9.17) is 14.2 Å². The third-order valence-corrected chi connectivity index (χ3v) is 3.21. The summed E-state index contributed by atoms with van der Waals surface area (Å²) in [5, 5.41) is 0. The van der Waals surface area contributed by atoms with E-state index in [1.165, 1.54) is 0 Å². The highest BCUT2D eigenvalue weighted by molar-refractivity contribution is 6.13. The summed E-state index contributed by atoms with van der Waals surface area (Å²) >= 11 is 0. The number of rotatable bonds is 4. The van der Waals surface area contributed by atoms with Crippen LogP contribution in [0.15, 0.2) is 53.4 Å². The molecule has 0 N–H and O–H groups in total. The van der Waals surface area contributed by atoms with Crippen molar-refractivity contribution in [1.82, 2.24) is 4.98 Å². The zero-order valence-corrected chi connectivity index (χ0v) is 12.6. The van der Waals surface area contributed by atoms with Gasteiger partial charge >= 0.3 is 5.97 Å². The lowest BCUT2D eigenvalue weighted by Crippen LogP contribution is -2.06. The van der Waals surface area contributed by atoms with Gasteiger partial charge in [-0.15, -0.1) is 0 Å². The molecular formula is C17H14N2O4. The smallest absolute Gasteiger partial charge is 0.363 e. The summed E-state index contributed by atoms with van der Waals surface area (Å²) in [6, 6.07) is 8.79. The van der Waals surface area contributed by atoms with Gasteiger partial charge in [0.1, 0.15) is 11.5 Å². The highest BCUT2D eigenvalue weighted by atomic mass is 16.6. The Bertz CT molecular complexity index is 775. The summed E-state index contributed by atoms with van der Waals surface area (Å²) in [5.41, 5.74) is 1.59. The van der Waals surface area contributed by atoms with Gasteiger partial charge in [-0.2, -0.15) is 0 Å². The number of hydrogen-bond donors (Lipinski definition) is 0. The fraction of sp³-hybridized carbons (Fsp3) is 0.118. The predicted octanol–water partition coefficient (Wildman–Crippen LogP) is 2.44. The van der Waals surface area contributed by atoms with Gasteiger partial charge in [-0.05, 0) is 29.8 Å². The van der Waals surface area contributed by atoms with Crippen molar-refractivity contribution in [2.75, 3.05) is 14.2 Å². The second-order valence-corrected chi connectivity index (χ2v) is 4.72. The highest BCUT2D eigenvalue weighted by Crippen LogP contribution is 2.26. The number of cyclic esters (lactones) is 1. The zero-order valence-electron chi connectivity index (χ0n) is 12.6. The van der Waals surface area contributed by atoms with Gasteiger partial charge in [0.05, 0.1) is 14.2 Å². The van der Waals surface area contributed by atoms with Gasteiger partial charge in [-0.25, -0.2) is 9.79 Å². The van der Waals surface area contributed by atoms with Crippen molar-refractivity contribution in [3.63, 3.8) is 0 Å². The van der Waals surface area contributed by atoms with Crippen LogP contribution in [0.1, 0.15) is 11.1 Å². The van der Waals surface area contributed by atoms with Gasteiger partial charge in [0.15, 0.2) is 5.70 Å². The summed E-state index contributed by atoms with van der Waals surface area (Å²) in [6.07, 6.45) is 4.92. The Balaban J connectivity index is 1.97. The van der Waals surface area contributed by atoms with E-state index in [9.17, 15) is 4.79 Å². The van der Waals surface area contributed by atoms with Crippen LogP contribution >= 0.6 is 0 Å². The van der Waals surface area contributed by atoms with Crippen LogP contribution in [-0.4, -0.2) is 31.1 Å².